The highest BCUT2D eigenvalue weighted by Crippen LogP contribution is 2.39. The molecule has 1 aromatic carbocycles. The maximum absolute atomic E-state index is 11.6. The zero-order valence-corrected chi connectivity index (χ0v) is 7.90. The van der Waals surface area contributed by atoms with Gasteiger partial charge in [-0.05, 0) is 17.6 Å². The number of hydrogen-bond donors (Lipinski definition) is 0. The Morgan fingerprint density at radius 1 is 1.27 bits per heavy atom. The van der Waals surface area contributed by atoms with Gasteiger partial charge in [0.2, 0.25) is 0 Å². The molecule has 3 nitrogen and oxygen atoms in total. The van der Waals surface area contributed by atoms with Crippen molar-refractivity contribution in [2.75, 3.05) is 0 Å². The smallest absolute Gasteiger partial charge is 0.133 e. The van der Waals surface area contributed by atoms with Crippen molar-refractivity contribution in [1.82, 2.24) is 0 Å². The van der Waals surface area contributed by atoms with Crippen LogP contribution in [0.25, 0.3) is 5.57 Å². The van der Waals surface area contributed by atoms with Crippen LogP contribution in [-0.4, -0.2) is 0 Å². The Hall–Kier alpha value is -2.10. The maximum atomic E-state index is 11.6. The number of fused-ring (bicyclic) bond motifs is 1. The molecule has 0 radical (unpaired) electrons. The SMILES string of the molecule is N#CC(C#N)=C1CC([O-])c2ccccc21. The van der Waals surface area contributed by atoms with E-state index in [0.29, 0.717) is 11.1 Å². The third-order valence-electron chi connectivity index (χ3n) is 2.55. The van der Waals surface area contributed by atoms with E-state index in [1.54, 1.807) is 18.2 Å². The summed E-state index contributed by atoms with van der Waals surface area (Å²) in [7, 11) is 0. The molecule has 1 aliphatic carbocycles. The van der Waals surface area contributed by atoms with Crippen LogP contribution in [0.15, 0.2) is 29.8 Å². The lowest BCUT2D eigenvalue weighted by atomic mass is 10.0. The van der Waals surface area contributed by atoms with Gasteiger partial charge in [-0.25, -0.2) is 0 Å². The lowest BCUT2D eigenvalue weighted by molar-refractivity contribution is -0.423. The lowest BCUT2D eigenvalue weighted by Crippen LogP contribution is -2.10. The van der Waals surface area contributed by atoms with Gasteiger partial charge in [0.05, 0.1) is 0 Å². The third kappa shape index (κ3) is 1.40. The molecule has 0 N–H and O–H groups in total. The molecular weight excluding hydrogens is 188 g/mol. The molecule has 0 saturated carbocycles. The van der Waals surface area contributed by atoms with Gasteiger partial charge in [0, 0.05) is 0 Å². The fourth-order valence-electron chi connectivity index (χ4n) is 1.85. The number of allylic oxidation sites excluding steroid dienone is 1. The molecule has 0 aliphatic heterocycles. The van der Waals surface area contributed by atoms with Crippen LogP contribution in [0.3, 0.4) is 0 Å². The Kier molecular flexibility index (Phi) is 2.25. The van der Waals surface area contributed by atoms with Gasteiger partial charge in [-0.2, -0.15) is 10.5 Å². The van der Waals surface area contributed by atoms with Gasteiger partial charge >= 0.3 is 0 Å². The van der Waals surface area contributed by atoms with Gasteiger partial charge in [-0.1, -0.05) is 35.9 Å². The molecule has 0 fully saturated rings. The largest absolute Gasteiger partial charge is 0.848 e. The van der Waals surface area contributed by atoms with E-state index in [1.165, 1.54) is 0 Å². The van der Waals surface area contributed by atoms with E-state index in [9.17, 15) is 5.11 Å². The Morgan fingerprint density at radius 3 is 2.60 bits per heavy atom. The number of rotatable bonds is 0. The van der Waals surface area contributed by atoms with Gasteiger partial charge in [0.25, 0.3) is 0 Å². The van der Waals surface area contributed by atoms with Crippen LogP contribution in [0, 0.1) is 22.7 Å². The Morgan fingerprint density at radius 2 is 1.93 bits per heavy atom. The number of nitriles is 2. The number of hydrogen-bond acceptors (Lipinski definition) is 3. The molecule has 3 heteroatoms. The normalized spacial score (nSPS) is 17.8. The first kappa shape index (κ1) is 9.45. The first-order chi connectivity index (χ1) is 7.27. The molecule has 15 heavy (non-hydrogen) atoms. The maximum Gasteiger partial charge on any atom is 0.133 e. The summed E-state index contributed by atoms with van der Waals surface area (Å²) in [4.78, 5) is 0. The molecular formula is C12H7N2O-. The van der Waals surface area contributed by atoms with E-state index in [1.807, 2.05) is 18.2 Å². The van der Waals surface area contributed by atoms with Crippen molar-refractivity contribution in [2.45, 2.75) is 12.5 Å². The van der Waals surface area contributed by atoms with Gasteiger partial charge in [-0.3, -0.25) is 0 Å². The minimum absolute atomic E-state index is 0.0563. The fourth-order valence-corrected chi connectivity index (χ4v) is 1.85. The molecule has 1 aliphatic rings. The van der Waals surface area contributed by atoms with E-state index in [-0.39, 0.29) is 12.0 Å². The second kappa shape index (κ2) is 3.57. The number of nitrogens with zero attached hydrogens (tertiary/aromatic N) is 2. The molecule has 2 rings (SSSR count). The molecule has 0 amide bonds. The second-order valence-electron chi connectivity index (χ2n) is 3.36. The molecule has 1 aromatic rings. The predicted octanol–water partition coefficient (Wildman–Crippen LogP) is 1.29. The highest BCUT2D eigenvalue weighted by molar-refractivity contribution is 5.80. The van der Waals surface area contributed by atoms with Gasteiger partial charge in [0.15, 0.2) is 0 Å². The standard InChI is InChI=1S/C12H7N2O/c13-6-8(7-14)11-5-12(15)10-4-2-1-3-9(10)11/h1-4,12H,5H2/q-1. The van der Waals surface area contributed by atoms with E-state index >= 15 is 0 Å². The summed E-state index contributed by atoms with van der Waals surface area (Å²) in [5.41, 5.74) is 2.10. The average molecular weight is 195 g/mol. The monoisotopic (exact) mass is 195 g/mol. The van der Waals surface area contributed by atoms with Crippen LogP contribution < -0.4 is 5.11 Å². The number of benzene rings is 1. The van der Waals surface area contributed by atoms with Gasteiger partial charge in [-0.15, -0.1) is 0 Å². The van der Waals surface area contributed by atoms with Crippen molar-refractivity contribution in [1.29, 1.82) is 10.5 Å². The molecule has 0 spiro atoms. The van der Waals surface area contributed by atoms with Gasteiger partial charge < -0.3 is 5.11 Å². The zero-order chi connectivity index (χ0) is 10.8. The Labute approximate surface area is 87.5 Å². The summed E-state index contributed by atoms with van der Waals surface area (Å²) < 4.78 is 0. The summed E-state index contributed by atoms with van der Waals surface area (Å²) in [6, 6.07) is 10.8. The second-order valence-corrected chi connectivity index (χ2v) is 3.36. The lowest BCUT2D eigenvalue weighted by Gasteiger charge is -2.14. The fraction of sp³-hybridized carbons (Fsp3) is 0.167. The Balaban J connectivity index is 2.66. The van der Waals surface area contributed by atoms with Crippen LogP contribution in [0.2, 0.25) is 0 Å². The molecule has 0 heterocycles. The molecule has 0 aromatic heterocycles. The highest BCUT2D eigenvalue weighted by Gasteiger charge is 2.21. The van der Waals surface area contributed by atoms with Crippen molar-refractivity contribution in [3.8, 4) is 12.1 Å². The molecule has 0 saturated heterocycles. The van der Waals surface area contributed by atoms with Crippen molar-refractivity contribution in [3.63, 3.8) is 0 Å². The summed E-state index contributed by atoms with van der Waals surface area (Å²) in [5.74, 6) is 0. The summed E-state index contributed by atoms with van der Waals surface area (Å²) in [6.45, 7) is 0. The summed E-state index contributed by atoms with van der Waals surface area (Å²) >= 11 is 0. The van der Waals surface area contributed by atoms with Crippen LogP contribution in [-0.2, 0) is 0 Å². The topological polar surface area (TPSA) is 70.6 Å². The molecule has 1 atom stereocenters. The van der Waals surface area contributed by atoms with Gasteiger partial charge in [0.1, 0.15) is 17.7 Å². The molecule has 0 bridgehead atoms. The zero-order valence-electron chi connectivity index (χ0n) is 7.90. The minimum Gasteiger partial charge on any atom is -0.848 e. The van der Waals surface area contributed by atoms with Crippen molar-refractivity contribution in [2.24, 2.45) is 0 Å². The van der Waals surface area contributed by atoms with Crippen LogP contribution >= 0.6 is 0 Å². The molecule has 1 unspecified atom stereocenters. The van der Waals surface area contributed by atoms with Crippen LogP contribution in [0.5, 0.6) is 0 Å². The summed E-state index contributed by atoms with van der Waals surface area (Å²) in [5, 5.41) is 29.2. The van der Waals surface area contributed by atoms with Crippen molar-refractivity contribution < 1.29 is 5.11 Å². The van der Waals surface area contributed by atoms with Crippen molar-refractivity contribution >= 4 is 5.57 Å². The highest BCUT2D eigenvalue weighted by atomic mass is 16.3. The predicted molar refractivity (Wildman–Crippen MR) is 51.9 cm³/mol. The average Bonchev–Trinajstić information content (AvgIpc) is 2.60. The third-order valence-corrected chi connectivity index (χ3v) is 2.55. The molecule has 72 valence electrons. The van der Waals surface area contributed by atoms with Crippen molar-refractivity contribution in [3.05, 3.63) is 41.0 Å². The van der Waals surface area contributed by atoms with Crippen LogP contribution in [0.4, 0.5) is 0 Å². The summed E-state index contributed by atoms with van der Waals surface area (Å²) in [6.07, 6.45) is -0.594. The first-order valence-electron chi connectivity index (χ1n) is 4.56. The Bertz CT molecular complexity index is 501. The van der Waals surface area contributed by atoms with E-state index in [2.05, 4.69) is 0 Å². The quantitative estimate of drug-likeness (QED) is 0.585. The van der Waals surface area contributed by atoms with Crippen LogP contribution in [0.1, 0.15) is 23.7 Å². The minimum atomic E-state index is -0.840. The van der Waals surface area contributed by atoms with E-state index in [4.69, 9.17) is 10.5 Å². The first-order valence-corrected chi connectivity index (χ1v) is 4.56. The van der Waals surface area contributed by atoms with E-state index < -0.39 is 6.10 Å². The van der Waals surface area contributed by atoms with E-state index in [0.717, 1.165) is 5.56 Å².